The van der Waals surface area contributed by atoms with Crippen LogP contribution in [0.4, 0.5) is 0 Å². The average Bonchev–Trinajstić information content (AvgIpc) is 2.43. The summed E-state index contributed by atoms with van der Waals surface area (Å²) >= 11 is 0. The molecule has 0 atom stereocenters. The van der Waals surface area contributed by atoms with Gasteiger partial charge in [-0.3, -0.25) is 0 Å². The monoisotopic (exact) mass is 263 g/mol. The number of benzene rings is 1. The summed E-state index contributed by atoms with van der Waals surface area (Å²) in [6.07, 6.45) is 3.63. The third kappa shape index (κ3) is 5.62. The van der Waals surface area contributed by atoms with Crippen molar-refractivity contribution in [3.8, 4) is 0 Å². The minimum atomic E-state index is -0.774. The normalized spacial score (nSPS) is 10.8. The lowest BCUT2D eigenvalue weighted by molar-refractivity contribution is 0.171. The van der Waals surface area contributed by atoms with Crippen molar-refractivity contribution in [2.75, 3.05) is 19.4 Å². The first-order chi connectivity index (χ1) is 8.80. The summed E-state index contributed by atoms with van der Waals surface area (Å²) in [6.45, 7) is 9.55. The maximum atomic E-state index is 5.92. The van der Waals surface area contributed by atoms with Crippen molar-refractivity contribution >= 4 is 15.1 Å². The Balaban J connectivity index is 2.33. The van der Waals surface area contributed by atoms with Crippen molar-refractivity contribution in [2.24, 2.45) is 0 Å². The molecule has 0 unspecified atom stereocenters. The van der Waals surface area contributed by atoms with Crippen LogP contribution in [0.5, 0.6) is 0 Å². The number of ether oxygens (including phenoxy) is 1. The van der Waals surface area contributed by atoms with E-state index in [4.69, 9.17) is 9.16 Å². The lowest BCUT2D eigenvalue weighted by Crippen LogP contribution is -2.25. The van der Waals surface area contributed by atoms with Crippen molar-refractivity contribution in [3.05, 3.63) is 42.0 Å². The minimum Gasteiger partial charge on any atom is -0.414 e. The summed E-state index contributed by atoms with van der Waals surface area (Å²) in [5.74, 6) is 0. The molecule has 0 spiro atoms. The van der Waals surface area contributed by atoms with Crippen LogP contribution in [0.1, 0.15) is 25.0 Å². The van der Waals surface area contributed by atoms with E-state index in [1.807, 2.05) is 13.0 Å². The van der Waals surface area contributed by atoms with E-state index in [9.17, 15) is 0 Å². The highest BCUT2D eigenvalue weighted by atomic mass is 28.3. The van der Waals surface area contributed by atoms with Gasteiger partial charge in [0, 0.05) is 13.2 Å². The van der Waals surface area contributed by atoms with Crippen LogP contribution in [-0.4, -0.2) is 28.5 Å². The summed E-state index contributed by atoms with van der Waals surface area (Å²) < 4.78 is 11.4. The van der Waals surface area contributed by atoms with E-state index >= 15 is 0 Å². The predicted molar refractivity (Wildman–Crippen MR) is 78.9 cm³/mol. The Morgan fingerprint density at radius 1 is 1.33 bits per heavy atom. The molecular formula is C15H23O2Si. The van der Waals surface area contributed by atoms with Gasteiger partial charge < -0.3 is 9.16 Å². The lowest BCUT2D eigenvalue weighted by Gasteiger charge is -2.13. The highest BCUT2D eigenvalue weighted by Gasteiger charge is 2.10. The molecule has 3 heteroatoms. The highest BCUT2D eigenvalue weighted by Crippen LogP contribution is 2.07. The topological polar surface area (TPSA) is 18.5 Å². The maximum Gasteiger partial charge on any atom is 0.237 e. The van der Waals surface area contributed by atoms with Crippen molar-refractivity contribution in [2.45, 2.75) is 26.3 Å². The molecule has 0 aliphatic rings. The van der Waals surface area contributed by atoms with Gasteiger partial charge in [-0.25, -0.2) is 0 Å². The molecular weight excluding hydrogens is 240 g/mol. The SMILES string of the molecule is C=Cc1cccc(CCO[Si](CC)COCC)c1. The van der Waals surface area contributed by atoms with Crippen LogP contribution < -0.4 is 0 Å². The summed E-state index contributed by atoms with van der Waals surface area (Å²) in [5.41, 5.74) is 2.48. The van der Waals surface area contributed by atoms with E-state index in [0.29, 0.717) is 0 Å². The molecule has 99 valence electrons. The molecule has 0 aliphatic heterocycles. The Morgan fingerprint density at radius 2 is 2.17 bits per heavy atom. The molecule has 1 radical (unpaired) electrons. The molecule has 0 heterocycles. The van der Waals surface area contributed by atoms with Crippen LogP contribution in [0, 0.1) is 0 Å². The molecule has 0 aromatic heterocycles. The van der Waals surface area contributed by atoms with E-state index in [1.54, 1.807) is 0 Å². The Bertz CT molecular complexity index is 352. The van der Waals surface area contributed by atoms with Crippen molar-refractivity contribution < 1.29 is 9.16 Å². The quantitative estimate of drug-likeness (QED) is 0.635. The third-order valence-corrected chi connectivity index (χ3v) is 4.67. The fraction of sp³-hybridized carbons (Fsp3) is 0.467. The zero-order valence-corrected chi connectivity index (χ0v) is 12.4. The minimum absolute atomic E-state index is 0.774. The molecule has 1 aromatic rings. The Kier molecular flexibility index (Phi) is 7.65. The molecule has 0 saturated heterocycles. The zero-order valence-electron chi connectivity index (χ0n) is 11.4. The van der Waals surface area contributed by atoms with Crippen molar-refractivity contribution in [1.29, 1.82) is 0 Å². The summed E-state index contributed by atoms with van der Waals surface area (Å²) in [6, 6.07) is 9.53. The number of hydrogen-bond acceptors (Lipinski definition) is 2. The van der Waals surface area contributed by atoms with Gasteiger partial charge in [-0.2, -0.15) is 0 Å². The zero-order chi connectivity index (χ0) is 13.2. The molecule has 0 saturated carbocycles. The second-order valence-electron chi connectivity index (χ2n) is 4.08. The highest BCUT2D eigenvalue weighted by molar-refractivity contribution is 6.51. The van der Waals surface area contributed by atoms with Gasteiger partial charge in [-0.15, -0.1) is 0 Å². The average molecular weight is 263 g/mol. The first kappa shape index (κ1) is 15.2. The van der Waals surface area contributed by atoms with E-state index in [-0.39, 0.29) is 0 Å². The Morgan fingerprint density at radius 3 is 2.83 bits per heavy atom. The molecule has 1 rings (SSSR count). The third-order valence-electron chi connectivity index (χ3n) is 2.75. The molecule has 0 amide bonds. The molecule has 1 aromatic carbocycles. The lowest BCUT2D eigenvalue weighted by atomic mass is 10.1. The van der Waals surface area contributed by atoms with Gasteiger partial charge in [0.2, 0.25) is 9.04 Å². The van der Waals surface area contributed by atoms with Crippen molar-refractivity contribution in [1.82, 2.24) is 0 Å². The fourth-order valence-corrected chi connectivity index (χ4v) is 2.96. The molecule has 0 fully saturated rings. The summed E-state index contributed by atoms with van der Waals surface area (Å²) in [7, 11) is -0.774. The smallest absolute Gasteiger partial charge is 0.237 e. The van der Waals surface area contributed by atoms with Gasteiger partial charge in [-0.1, -0.05) is 43.8 Å². The van der Waals surface area contributed by atoms with E-state index in [1.165, 1.54) is 11.1 Å². The molecule has 18 heavy (non-hydrogen) atoms. The van der Waals surface area contributed by atoms with Gasteiger partial charge >= 0.3 is 0 Å². The second-order valence-corrected chi connectivity index (χ2v) is 6.44. The Labute approximate surface area is 112 Å². The molecule has 0 N–H and O–H groups in total. The number of rotatable bonds is 9. The predicted octanol–water partition coefficient (Wildman–Crippen LogP) is 3.48. The van der Waals surface area contributed by atoms with E-state index < -0.39 is 9.04 Å². The molecule has 2 nitrogen and oxygen atoms in total. The fourth-order valence-electron chi connectivity index (χ4n) is 1.65. The van der Waals surface area contributed by atoms with Gasteiger partial charge in [0.25, 0.3) is 0 Å². The molecule has 0 aliphatic carbocycles. The van der Waals surface area contributed by atoms with E-state index in [0.717, 1.165) is 31.9 Å². The Hall–Kier alpha value is -0.903. The van der Waals surface area contributed by atoms with Gasteiger partial charge in [-0.05, 0) is 30.5 Å². The first-order valence-corrected chi connectivity index (χ1v) is 8.39. The van der Waals surface area contributed by atoms with Crippen LogP contribution in [0.2, 0.25) is 6.04 Å². The van der Waals surface area contributed by atoms with Gasteiger partial charge in [0.1, 0.15) is 0 Å². The molecule has 0 bridgehead atoms. The maximum absolute atomic E-state index is 5.92. The standard InChI is InChI=1S/C15H23O2Si/c1-4-14-8-7-9-15(12-14)10-11-17-18(6-3)13-16-5-2/h4,7-9,12H,1,5-6,10-11,13H2,2-3H3. The van der Waals surface area contributed by atoms with Crippen LogP contribution in [-0.2, 0) is 15.6 Å². The summed E-state index contributed by atoms with van der Waals surface area (Å²) in [4.78, 5) is 0. The van der Waals surface area contributed by atoms with Crippen molar-refractivity contribution in [3.63, 3.8) is 0 Å². The first-order valence-electron chi connectivity index (χ1n) is 6.56. The van der Waals surface area contributed by atoms with Crippen LogP contribution in [0.15, 0.2) is 30.8 Å². The van der Waals surface area contributed by atoms with Gasteiger partial charge in [0.05, 0.1) is 6.23 Å². The van der Waals surface area contributed by atoms with Gasteiger partial charge in [0.15, 0.2) is 0 Å². The number of hydrogen-bond donors (Lipinski definition) is 0. The van der Waals surface area contributed by atoms with E-state index in [2.05, 4.69) is 37.8 Å². The summed E-state index contributed by atoms with van der Waals surface area (Å²) in [5, 5.41) is 0. The van der Waals surface area contributed by atoms with Crippen LogP contribution in [0.3, 0.4) is 0 Å². The second kappa shape index (κ2) is 9.08. The largest absolute Gasteiger partial charge is 0.414 e. The van der Waals surface area contributed by atoms with Crippen LogP contribution >= 0.6 is 0 Å². The van der Waals surface area contributed by atoms with Crippen LogP contribution in [0.25, 0.3) is 6.08 Å².